The molecule has 0 saturated heterocycles. The smallest absolute Gasteiger partial charge is 0.262 e. The highest BCUT2D eigenvalue weighted by Gasteiger charge is 2.37. The van der Waals surface area contributed by atoms with Gasteiger partial charge in [-0.15, -0.1) is 0 Å². The van der Waals surface area contributed by atoms with E-state index in [4.69, 9.17) is 23.2 Å². The van der Waals surface area contributed by atoms with E-state index < -0.39 is 17.7 Å². The maximum absolute atomic E-state index is 12.5. The Balaban J connectivity index is 1.81. The number of fused-ring (bicyclic) bond motifs is 1. The second-order valence-electron chi connectivity index (χ2n) is 6.33. The lowest BCUT2D eigenvalue weighted by molar-refractivity contribution is -0.116. The Kier molecular flexibility index (Phi) is 4.78. The van der Waals surface area contributed by atoms with Crippen molar-refractivity contribution in [1.29, 1.82) is 0 Å². The largest absolute Gasteiger partial charge is 0.324 e. The molecular weight excluding hydrogens is 375 g/mol. The van der Waals surface area contributed by atoms with E-state index in [0.29, 0.717) is 5.69 Å². The molecule has 134 valence electrons. The lowest BCUT2D eigenvalue weighted by Crippen LogP contribution is -2.37. The van der Waals surface area contributed by atoms with Crippen LogP contribution in [-0.4, -0.2) is 29.2 Å². The van der Waals surface area contributed by atoms with Crippen LogP contribution in [0.2, 0.25) is 10.0 Å². The van der Waals surface area contributed by atoms with Crippen molar-refractivity contribution in [2.75, 3.05) is 11.9 Å². The van der Waals surface area contributed by atoms with Crippen LogP contribution in [-0.2, 0) is 4.79 Å². The van der Waals surface area contributed by atoms with Crippen molar-refractivity contribution in [2.24, 2.45) is 0 Å². The number of amides is 3. The van der Waals surface area contributed by atoms with E-state index in [2.05, 4.69) is 5.32 Å². The molecule has 0 spiro atoms. The molecule has 1 N–H and O–H groups in total. The summed E-state index contributed by atoms with van der Waals surface area (Å²) < 4.78 is 0. The minimum atomic E-state index is -0.559. The van der Waals surface area contributed by atoms with Gasteiger partial charge in [-0.05, 0) is 44.0 Å². The first kappa shape index (κ1) is 18.4. The lowest BCUT2D eigenvalue weighted by Gasteiger charge is -2.16. The van der Waals surface area contributed by atoms with Crippen LogP contribution in [0.1, 0.15) is 37.4 Å². The maximum Gasteiger partial charge on any atom is 0.262 e. The summed E-state index contributed by atoms with van der Waals surface area (Å²) in [5, 5.41) is 3.15. The maximum atomic E-state index is 12.5. The van der Waals surface area contributed by atoms with Gasteiger partial charge in [0.05, 0.1) is 21.2 Å². The molecule has 0 atom stereocenters. The lowest BCUT2D eigenvalue weighted by atomic mass is 10.1. The first-order valence-corrected chi connectivity index (χ1v) is 8.67. The quantitative estimate of drug-likeness (QED) is 0.800. The minimum Gasteiger partial charge on any atom is -0.324 e. The second-order valence-corrected chi connectivity index (χ2v) is 7.14. The normalized spacial score (nSPS) is 13.2. The van der Waals surface area contributed by atoms with Crippen LogP contribution < -0.4 is 5.32 Å². The van der Waals surface area contributed by atoms with Crippen molar-refractivity contribution in [3.05, 3.63) is 62.1 Å². The highest BCUT2D eigenvalue weighted by molar-refractivity contribution is 6.43. The summed E-state index contributed by atoms with van der Waals surface area (Å²) in [7, 11) is 0. The van der Waals surface area contributed by atoms with Gasteiger partial charge in [0.25, 0.3) is 11.8 Å². The molecule has 0 saturated carbocycles. The Labute approximate surface area is 160 Å². The van der Waals surface area contributed by atoms with Crippen LogP contribution in [0.25, 0.3) is 0 Å². The van der Waals surface area contributed by atoms with Crippen molar-refractivity contribution in [3.63, 3.8) is 0 Å². The summed E-state index contributed by atoms with van der Waals surface area (Å²) in [6, 6.07) is 6.61. The van der Waals surface area contributed by atoms with E-state index in [-0.39, 0.29) is 27.7 Å². The molecule has 0 aromatic heterocycles. The molecule has 0 fully saturated rings. The molecule has 1 aliphatic rings. The van der Waals surface area contributed by atoms with Gasteiger partial charge < -0.3 is 5.32 Å². The molecule has 0 unspecified atom stereocenters. The SMILES string of the molecule is Cc1cc(C)c(NC(=O)CN2C(=O)c3cc(Cl)c(Cl)cc3C2=O)c(C)c1. The third-order valence-corrected chi connectivity index (χ3v) is 4.98. The number of nitrogens with one attached hydrogen (secondary N) is 1. The van der Waals surface area contributed by atoms with E-state index in [1.807, 2.05) is 32.9 Å². The topological polar surface area (TPSA) is 66.5 Å². The number of benzene rings is 2. The van der Waals surface area contributed by atoms with Crippen LogP contribution in [0.3, 0.4) is 0 Å². The van der Waals surface area contributed by atoms with E-state index in [1.54, 1.807) is 0 Å². The molecule has 3 rings (SSSR count). The third kappa shape index (κ3) is 3.20. The molecule has 3 amide bonds. The van der Waals surface area contributed by atoms with Crippen molar-refractivity contribution < 1.29 is 14.4 Å². The average molecular weight is 391 g/mol. The first-order chi connectivity index (χ1) is 12.2. The summed E-state index contributed by atoms with van der Waals surface area (Å²) >= 11 is 11.8. The molecule has 0 radical (unpaired) electrons. The number of imide groups is 1. The number of hydrogen-bond donors (Lipinski definition) is 1. The zero-order valence-corrected chi connectivity index (χ0v) is 16.0. The number of rotatable bonds is 3. The third-order valence-electron chi connectivity index (χ3n) is 4.25. The molecule has 1 aliphatic heterocycles. The van der Waals surface area contributed by atoms with Crippen molar-refractivity contribution >= 4 is 46.6 Å². The van der Waals surface area contributed by atoms with E-state index in [1.165, 1.54) is 12.1 Å². The predicted molar refractivity (Wildman–Crippen MR) is 101 cm³/mol. The monoisotopic (exact) mass is 390 g/mol. The summed E-state index contributed by atoms with van der Waals surface area (Å²) in [5.41, 5.74) is 3.91. The Morgan fingerprint density at radius 1 is 0.923 bits per heavy atom. The Hall–Kier alpha value is -2.37. The standard InChI is InChI=1S/C19H16Cl2N2O3/c1-9-4-10(2)17(11(3)5-9)22-16(24)8-23-18(25)12-6-14(20)15(21)7-13(12)19(23)26/h4-7H,8H2,1-3H3,(H,22,24). The fourth-order valence-corrected chi connectivity index (χ4v) is 3.45. The van der Waals surface area contributed by atoms with Gasteiger partial charge in [0.15, 0.2) is 0 Å². The van der Waals surface area contributed by atoms with Gasteiger partial charge in [0.2, 0.25) is 5.91 Å². The fourth-order valence-electron chi connectivity index (χ4n) is 3.13. The van der Waals surface area contributed by atoms with Crippen LogP contribution in [0.15, 0.2) is 24.3 Å². The highest BCUT2D eigenvalue weighted by atomic mass is 35.5. The molecule has 5 nitrogen and oxygen atoms in total. The summed E-state index contributed by atoms with van der Waals surface area (Å²) in [6.07, 6.45) is 0. The predicted octanol–water partition coefficient (Wildman–Crippen LogP) is 4.15. The van der Waals surface area contributed by atoms with Crippen LogP contribution in [0, 0.1) is 20.8 Å². The summed E-state index contributed by atoms with van der Waals surface area (Å²) in [6.45, 7) is 5.37. The van der Waals surface area contributed by atoms with E-state index in [9.17, 15) is 14.4 Å². The van der Waals surface area contributed by atoms with Gasteiger partial charge in [-0.1, -0.05) is 40.9 Å². The number of hydrogen-bond acceptors (Lipinski definition) is 3. The molecule has 0 bridgehead atoms. The molecule has 2 aromatic rings. The number of halogens is 2. The number of aryl methyl sites for hydroxylation is 3. The molecule has 1 heterocycles. The molecule has 26 heavy (non-hydrogen) atoms. The summed E-state index contributed by atoms with van der Waals surface area (Å²) in [4.78, 5) is 38.2. The van der Waals surface area contributed by atoms with Gasteiger partial charge in [-0.3, -0.25) is 19.3 Å². The Morgan fingerprint density at radius 2 is 1.38 bits per heavy atom. The second kappa shape index (κ2) is 6.74. The van der Waals surface area contributed by atoms with Gasteiger partial charge in [0.1, 0.15) is 6.54 Å². The number of anilines is 1. The highest BCUT2D eigenvalue weighted by Crippen LogP contribution is 2.31. The summed E-state index contributed by atoms with van der Waals surface area (Å²) in [5.74, 6) is -1.57. The van der Waals surface area contributed by atoms with Crippen molar-refractivity contribution in [2.45, 2.75) is 20.8 Å². The number of nitrogens with zero attached hydrogens (tertiary/aromatic N) is 1. The molecular formula is C19H16Cl2N2O3. The van der Waals surface area contributed by atoms with Crippen LogP contribution >= 0.6 is 23.2 Å². The molecule has 2 aromatic carbocycles. The Bertz CT molecular complexity index is 905. The van der Waals surface area contributed by atoms with Gasteiger partial charge in [-0.2, -0.15) is 0 Å². The Morgan fingerprint density at radius 3 is 1.85 bits per heavy atom. The van der Waals surface area contributed by atoms with Crippen molar-refractivity contribution in [1.82, 2.24) is 4.90 Å². The van der Waals surface area contributed by atoms with Gasteiger partial charge in [-0.25, -0.2) is 0 Å². The molecule has 7 heteroatoms. The average Bonchev–Trinajstić information content (AvgIpc) is 2.76. The van der Waals surface area contributed by atoms with Crippen LogP contribution in [0.5, 0.6) is 0 Å². The number of carbonyl (C=O) groups excluding carboxylic acids is 3. The van der Waals surface area contributed by atoms with Crippen LogP contribution in [0.4, 0.5) is 5.69 Å². The van der Waals surface area contributed by atoms with Crippen molar-refractivity contribution in [3.8, 4) is 0 Å². The first-order valence-electron chi connectivity index (χ1n) is 7.92. The van der Waals surface area contributed by atoms with Gasteiger partial charge in [0, 0.05) is 5.69 Å². The molecule has 0 aliphatic carbocycles. The van der Waals surface area contributed by atoms with E-state index >= 15 is 0 Å². The zero-order chi connectivity index (χ0) is 19.2. The minimum absolute atomic E-state index is 0.153. The fraction of sp³-hybridized carbons (Fsp3) is 0.211. The van der Waals surface area contributed by atoms with Gasteiger partial charge >= 0.3 is 0 Å². The number of carbonyl (C=O) groups is 3. The zero-order valence-electron chi connectivity index (χ0n) is 14.4. The van der Waals surface area contributed by atoms with E-state index in [0.717, 1.165) is 21.6 Å².